The van der Waals surface area contributed by atoms with Crippen molar-refractivity contribution in [2.45, 2.75) is 29.0 Å². The first-order valence-corrected chi connectivity index (χ1v) is 11.6. The van der Waals surface area contributed by atoms with Crippen molar-refractivity contribution in [3.05, 3.63) is 65.2 Å². The molecule has 3 aromatic rings. The fourth-order valence-corrected chi connectivity index (χ4v) is 4.68. The molecule has 1 amide bonds. The van der Waals surface area contributed by atoms with Gasteiger partial charge in [0, 0.05) is 17.9 Å². The largest absolute Gasteiger partial charge is 0.491 e. The molecule has 0 radical (unpaired) electrons. The molecular formula is C22H20N4O3S2. The van der Waals surface area contributed by atoms with Crippen LogP contribution in [0, 0.1) is 11.3 Å². The molecule has 0 unspecified atom stereocenters. The molecule has 9 heteroatoms. The first kappa shape index (κ1) is 21.3. The van der Waals surface area contributed by atoms with Gasteiger partial charge in [0.05, 0.1) is 17.7 Å². The van der Waals surface area contributed by atoms with Crippen LogP contribution < -0.4 is 10.1 Å². The van der Waals surface area contributed by atoms with Crippen molar-refractivity contribution in [1.82, 2.24) is 10.2 Å². The van der Waals surface area contributed by atoms with Crippen molar-refractivity contribution < 1.29 is 14.3 Å². The number of nitriles is 1. The smallest absolute Gasteiger partial charge is 0.257 e. The number of rotatable bonds is 8. The van der Waals surface area contributed by atoms with Gasteiger partial charge in [-0.1, -0.05) is 35.2 Å². The summed E-state index contributed by atoms with van der Waals surface area (Å²) < 4.78 is 12.0. The van der Waals surface area contributed by atoms with Crippen LogP contribution in [-0.2, 0) is 10.5 Å². The van der Waals surface area contributed by atoms with E-state index in [4.69, 9.17) is 14.7 Å². The predicted octanol–water partition coefficient (Wildman–Crippen LogP) is 4.51. The summed E-state index contributed by atoms with van der Waals surface area (Å²) in [5.41, 5.74) is 2.25. The Hall–Kier alpha value is -2.93. The molecule has 4 rings (SSSR count). The highest BCUT2D eigenvalue weighted by Crippen LogP contribution is 2.28. The molecule has 0 bridgehead atoms. The Morgan fingerprint density at radius 2 is 2.03 bits per heavy atom. The van der Waals surface area contributed by atoms with Gasteiger partial charge in [-0.15, -0.1) is 10.2 Å². The minimum atomic E-state index is -0.245. The number of thioether (sulfide) groups is 1. The molecule has 0 saturated carbocycles. The molecule has 1 saturated heterocycles. The van der Waals surface area contributed by atoms with Crippen molar-refractivity contribution >= 4 is 34.1 Å². The molecule has 1 aromatic heterocycles. The Labute approximate surface area is 188 Å². The van der Waals surface area contributed by atoms with E-state index in [1.54, 1.807) is 36.4 Å². The molecule has 1 aliphatic rings. The van der Waals surface area contributed by atoms with Crippen LogP contribution in [-0.4, -0.2) is 35.4 Å². The molecule has 31 heavy (non-hydrogen) atoms. The molecule has 0 aliphatic carbocycles. The Bertz CT molecular complexity index is 1060. The molecule has 2 heterocycles. The van der Waals surface area contributed by atoms with Crippen LogP contribution in [0.4, 0.5) is 5.13 Å². The molecule has 158 valence electrons. The average molecular weight is 453 g/mol. The second-order valence-corrected chi connectivity index (χ2v) is 9.10. The molecule has 2 aromatic carbocycles. The molecular weight excluding hydrogens is 432 g/mol. The first-order chi connectivity index (χ1) is 15.2. The van der Waals surface area contributed by atoms with Crippen LogP contribution in [0.5, 0.6) is 5.75 Å². The van der Waals surface area contributed by atoms with Crippen molar-refractivity contribution in [2.24, 2.45) is 0 Å². The lowest BCUT2D eigenvalue weighted by Gasteiger charge is -2.11. The average Bonchev–Trinajstić information content (AvgIpc) is 3.49. The van der Waals surface area contributed by atoms with Gasteiger partial charge in [-0.25, -0.2) is 0 Å². The number of hydrogen-bond donors (Lipinski definition) is 1. The van der Waals surface area contributed by atoms with Crippen LogP contribution in [0.3, 0.4) is 0 Å². The lowest BCUT2D eigenvalue weighted by molar-refractivity contribution is 0.0679. The van der Waals surface area contributed by atoms with Crippen LogP contribution in [0.25, 0.3) is 0 Å². The summed E-state index contributed by atoms with van der Waals surface area (Å²) in [6, 6.07) is 16.5. The van der Waals surface area contributed by atoms with E-state index in [0.717, 1.165) is 29.4 Å². The normalized spacial score (nSPS) is 15.4. The molecule has 1 aliphatic heterocycles. The maximum absolute atomic E-state index is 12.5. The van der Waals surface area contributed by atoms with E-state index in [1.165, 1.54) is 23.1 Å². The fraction of sp³-hybridized carbons (Fsp3) is 0.273. The zero-order chi connectivity index (χ0) is 21.5. The van der Waals surface area contributed by atoms with Crippen molar-refractivity contribution in [3.8, 4) is 11.8 Å². The van der Waals surface area contributed by atoms with Crippen LogP contribution >= 0.6 is 23.1 Å². The number of carbonyl (C=O) groups is 1. The Kier molecular flexibility index (Phi) is 7.14. The predicted molar refractivity (Wildman–Crippen MR) is 119 cm³/mol. The van der Waals surface area contributed by atoms with E-state index >= 15 is 0 Å². The monoisotopic (exact) mass is 452 g/mol. The summed E-state index contributed by atoms with van der Waals surface area (Å²) in [5, 5.41) is 20.3. The third-order valence-corrected chi connectivity index (χ3v) is 6.69. The van der Waals surface area contributed by atoms with Crippen LogP contribution in [0.1, 0.15) is 34.3 Å². The van der Waals surface area contributed by atoms with Gasteiger partial charge in [-0.3, -0.25) is 10.1 Å². The number of nitrogens with one attached hydrogen (secondary N) is 1. The van der Waals surface area contributed by atoms with Gasteiger partial charge in [0.1, 0.15) is 12.4 Å². The van der Waals surface area contributed by atoms with Gasteiger partial charge in [0.15, 0.2) is 4.34 Å². The minimum absolute atomic E-state index is 0.157. The Morgan fingerprint density at radius 3 is 2.74 bits per heavy atom. The van der Waals surface area contributed by atoms with Gasteiger partial charge in [-0.05, 0) is 54.8 Å². The second-order valence-electron chi connectivity index (χ2n) is 6.90. The SMILES string of the molecule is N#Cc1ccc(CSc2nnc(NC(=O)c3ccc(OC[C@@H]4CCCO4)cc3)s2)cc1. The van der Waals surface area contributed by atoms with Crippen molar-refractivity contribution in [3.63, 3.8) is 0 Å². The molecule has 1 atom stereocenters. The summed E-state index contributed by atoms with van der Waals surface area (Å²) in [4.78, 5) is 12.5. The lowest BCUT2D eigenvalue weighted by Crippen LogP contribution is -2.16. The highest BCUT2D eigenvalue weighted by atomic mass is 32.2. The lowest BCUT2D eigenvalue weighted by atomic mass is 10.2. The number of anilines is 1. The zero-order valence-electron chi connectivity index (χ0n) is 16.6. The van der Waals surface area contributed by atoms with Gasteiger partial charge >= 0.3 is 0 Å². The van der Waals surface area contributed by atoms with E-state index in [9.17, 15) is 4.79 Å². The van der Waals surface area contributed by atoms with Gasteiger partial charge in [0.25, 0.3) is 5.91 Å². The van der Waals surface area contributed by atoms with Gasteiger partial charge < -0.3 is 9.47 Å². The number of nitrogens with zero attached hydrogens (tertiary/aromatic N) is 3. The second kappa shape index (κ2) is 10.4. The third kappa shape index (κ3) is 6.04. The number of hydrogen-bond acceptors (Lipinski definition) is 8. The van der Waals surface area contributed by atoms with Crippen LogP contribution in [0.15, 0.2) is 52.9 Å². The summed E-state index contributed by atoms with van der Waals surface area (Å²) >= 11 is 2.86. The summed E-state index contributed by atoms with van der Waals surface area (Å²) in [6.45, 7) is 1.33. The van der Waals surface area contributed by atoms with Crippen LogP contribution in [0.2, 0.25) is 0 Å². The zero-order valence-corrected chi connectivity index (χ0v) is 18.2. The number of carbonyl (C=O) groups excluding carboxylic acids is 1. The molecule has 0 spiro atoms. The fourth-order valence-electron chi connectivity index (χ4n) is 2.98. The summed E-state index contributed by atoms with van der Waals surface area (Å²) in [6.07, 6.45) is 2.26. The summed E-state index contributed by atoms with van der Waals surface area (Å²) in [7, 11) is 0. The van der Waals surface area contributed by atoms with Gasteiger partial charge in [-0.2, -0.15) is 5.26 Å². The maximum Gasteiger partial charge on any atom is 0.257 e. The van der Waals surface area contributed by atoms with Gasteiger partial charge in [0.2, 0.25) is 5.13 Å². The Balaban J connectivity index is 1.26. The molecule has 1 fully saturated rings. The third-order valence-electron chi connectivity index (χ3n) is 4.65. The highest BCUT2D eigenvalue weighted by molar-refractivity contribution is 8.00. The van der Waals surface area contributed by atoms with E-state index in [-0.39, 0.29) is 12.0 Å². The number of amides is 1. The van der Waals surface area contributed by atoms with Crippen molar-refractivity contribution in [1.29, 1.82) is 5.26 Å². The number of ether oxygens (including phenoxy) is 2. The van der Waals surface area contributed by atoms with E-state index < -0.39 is 0 Å². The quantitative estimate of drug-likeness (QED) is 0.397. The topological polar surface area (TPSA) is 97.1 Å². The standard InChI is InChI=1S/C22H20N4O3S2/c23-12-15-3-5-16(6-4-15)14-30-22-26-25-21(31-22)24-20(27)17-7-9-18(10-8-17)29-13-19-2-1-11-28-19/h3-10,19H,1-2,11,13-14H2,(H,24,25,27)/t19-/m0/s1. The maximum atomic E-state index is 12.5. The first-order valence-electron chi connectivity index (χ1n) is 9.81. The van der Waals surface area contributed by atoms with E-state index in [0.29, 0.717) is 34.4 Å². The highest BCUT2D eigenvalue weighted by Gasteiger charge is 2.16. The van der Waals surface area contributed by atoms with E-state index in [2.05, 4.69) is 21.6 Å². The molecule has 7 nitrogen and oxygen atoms in total. The van der Waals surface area contributed by atoms with Crippen molar-refractivity contribution in [2.75, 3.05) is 18.5 Å². The Morgan fingerprint density at radius 1 is 1.23 bits per heavy atom. The summed E-state index contributed by atoms with van der Waals surface area (Å²) in [5.74, 6) is 1.18. The number of aromatic nitrogens is 2. The van der Waals surface area contributed by atoms with E-state index in [1.807, 2.05) is 12.1 Å². The minimum Gasteiger partial charge on any atom is -0.491 e. The number of benzene rings is 2. The molecule has 1 N–H and O–H groups in total.